The van der Waals surface area contributed by atoms with Gasteiger partial charge in [-0.3, -0.25) is 4.79 Å². The normalized spacial score (nSPS) is 19.2. The molecule has 19 heavy (non-hydrogen) atoms. The largest absolute Gasteiger partial charge is 0.396 e. The van der Waals surface area contributed by atoms with Crippen molar-refractivity contribution in [2.75, 3.05) is 24.6 Å². The van der Waals surface area contributed by atoms with Crippen molar-refractivity contribution in [1.29, 1.82) is 0 Å². The molecule has 1 aromatic rings. The Morgan fingerprint density at radius 3 is 2.74 bits per heavy atom. The molecule has 1 heterocycles. The average molecular weight is 262 g/mol. The van der Waals surface area contributed by atoms with Crippen LogP contribution in [0.2, 0.25) is 0 Å². The predicted octanol–water partition coefficient (Wildman–Crippen LogP) is 1.33. The fourth-order valence-electron chi connectivity index (χ4n) is 2.42. The van der Waals surface area contributed by atoms with Gasteiger partial charge in [0.05, 0.1) is 6.04 Å². The first-order chi connectivity index (χ1) is 9.26. The fraction of sp³-hybridized carbons (Fsp3) is 0.533. The number of hydrogen-bond donors (Lipinski definition) is 2. The summed E-state index contributed by atoms with van der Waals surface area (Å²) in [6.07, 6.45) is 2.58. The summed E-state index contributed by atoms with van der Waals surface area (Å²) in [5, 5.41) is 12.2. The van der Waals surface area contributed by atoms with E-state index in [1.165, 1.54) is 0 Å². The van der Waals surface area contributed by atoms with Crippen molar-refractivity contribution < 1.29 is 9.90 Å². The summed E-state index contributed by atoms with van der Waals surface area (Å²) in [7, 11) is 0. The number of anilines is 1. The van der Waals surface area contributed by atoms with Crippen LogP contribution >= 0.6 is 0 Å². The monoisotopic (exact) mass is 262 g/mol. The van der Waals surface area contributed by atoms with Crippen molar-refractivity contribution in [3.05, 3.63) is 29.8 Å². The van der Waals surface area contributed by atoms with Gasteiger partial charge in [0, 0.05) is 18.8 Å². The van der Waals surface area contributed by atoms with Gasteiger partial charge >= 0.3 is 0 Å². The molecule has 104 valence electrons. The van der Waals surface area contributed by atoms with Crippen LogP contribution in [0.3, 0.4) is 0 Å². The maximum absolute atomic E-state index is 12.2. The van der Waals surface area contributed by atoms with Gasteiger partial charge in [-0.2, -0.15) is 0 Å². The Kier molecular flexibility index (Phi) is 4.93. The second-order valence-electron chi connectivity index (χ2n) is 4.93. The fourth-order valence-corrected chi connectivity index (χ4v) is 2.42. The van der Waals surface area contributed by atoms with E-state index in [0.717, 1.165) is 37.2 Å². The molecule has 4 heteroatoms. The molecule has 1 unspecified atom stereocenters. The highest BCUT2D eigenvalue weighted by atomic mass is 16.3. The van der Waals surface area contributed by atoms with E-state index in [0.29, 0.717) is 6.42 Å². The van der Waals surface area contributed by atoms with Gasteiger partial charge in [-0.05, 0) is 43.5 Å². The minimum Gasteiger partial charge on any atom is -0.396 e. The highest BCUT2D eigenvalue weighted by molar-refractivity contribution is 5.99. The molecule has 0 aliphatic carbocycles. The number of carbonyl (C=O) groups excluding carboxylic acids is 1. The number of benzene rings is 1. The van der Waals surface area contributed by atoms with E-state index >= 15 is 0 Å². The van der Waals surface area contributed by atoms with E-state index in [1.807, 2.05) is 29.2 Å². The highest BCUT2D eigenvalue weighted by Gasteiger charge is 2.31. The third kappa shape index (κ3) is 3.33. The Hall–Kier alpha value is -1.39. The zero-order chi connectivity index (χ0) is 13.7. The average Bonchev–Trinajstić information content (AvgIpc) is 2.79. The molecule has 1 saturated heterocycles. The van der Waals surface area contributed by atoms with Crippen molar-refractivity contribution in [3.8, 4) is 0 Å². The maximum atomic E-state index is 12.2. The molecular weight excluding hydrogens is 240 g/mol. The molecule has 0 saturated carbocycles. The predicted molar refractivity (Wildman–Crippen MR) is 76.3 cm³/mol. The first kappa shape index (κ1) is 14.0. The summed E-state index contributed by atoms with van der Waals surface area (Å²) in [5.74, 6) is 0.170. The molecule has 4 nitrogen and oxygen atoms in total. The molecule has 1 aromatic carbocycles. The lowest BCUT2D eigenvalue weighted by Gasteiger charge is -2.17. The molecule has 1 amide bonds. The molecule has 0 bridgehead atoms. The number of rotatable bonds is 6. The molecule has 2 rings (SSSR count). The number of nitrogens with zero attached hydrogens (tertiary/aromatic N) is 1. The Bertz CT molecular complexity index is 417. The van der Waals surface area contributed by atoms with Gasteiger partial charge in [-0.15, -0.1) is 0 Å². The first-order valence-corrected chi connectivity index (χ1v) is 7.00. The number of aliphatic hydroxyl groups excluding tert-OH is 1. The number of amides is 1. The summed E-state index contributed by atoms with van der Waals surface area (Å²) in [5.41, 5.74) is 2.05. The van der Waals surface area contributed by atoms with Gasteiger partial charge < -0.3 is 15.3 Å². The maximum Gasteiger partial charge on any atom is 0.244 e. The van der Waals surface area contributed by atoms with Crippen LogP contribution in [0.1, 0.15) is 25.3 Å². The topological polar surface area (TPSA) is 52.6 Å². The van der Waals surface area contributed by atoms with E-state index in [4.69, 9.17) is 5.11 Å². The number of carbonyl (C=O) groups is 1. The van der Waals surface area contributed by atoms with Crippen molar-refractivity contribution >= 4 is 11.6 Å². The van der Waals surface area contributed by atoms with Crippen LogP contribution in [0.4, 0.5) is 5.69 Å². The SMILES string of the molecule is CCCNC1CCN(c2ccc(CCO)cc2)C1=O. The highest BCUT2D eigenvalue weighted by Crippen LogP contribution is 2.22. The van der Waals surface area contributed by atoms with E-state index in [-0.39, 0.29) is 18.6 Å². The minimum atomic E-state index is -0.0305. The zero-order valence-corrected chi connectivity index (χ0v) is 11.4. The zero-order valence-electron chi connectivity index (χ0n) is 11.4. The van der Waals surface area contributed by atoms with Crippen LogP contribution in [0.15, 0.2) is 24.3 Å². The van der Waals surface area contributed by atoms with Crippen molar-refractivity contribution in [1.82, 2.24) is 5.32 Å². The third-order valence-corrected chi connectivity index (χ3v) is 3.49. The van der Waals surface area contributed by atoms with Crippen LogP contribution in [0.5, 0.6) is 0 Å². The van der Waals surface area contributed by atoms with Gasteiger partial charge in [0.25, 0.3) is 0 Å². The molecule has 0 spiro atoms. The first-order valence-electron chi connectivity index (χ1n) is 7.00. The molecular formula is C15H22N2O2. The summed E-state index contributed by atoms with van der Waals surface area (Å²) in [6.45, 7) is 3.92. The van der Waals surface area contributed by atoms with Gasteiger partial charge in [-0.25, -0.2) is 0 Å². The lowest BCUT2D eigenvalue weighted by atomic mass is 10.1. The van der Waals surface area contributed by atoms with Crippen LogP contribution in [-0.2, 0) is 11.2 Å². The summed E-state index contributed by atoms with van der Waals surface area (Å²) in [6, 6.07) is 7.85. The van der Waals surface area contributed by atoms with Crippen LogP contribution in [-0.4, -0.2) is 36.8 Å². The Morgan fingerprint density at radius 1 is 1.37 bits per heavy atom. The Morgan fingerprint density at radius 2 is 2.11 bits per heavy atom. The van der Waals surface area contributed by atoms with Gasteiger partial charge in [0.2, 0.25) is 5.91 Å². The van der Waals surface area contributed by atoms with E-state index < -0.39 is 0 Å². The second-order valence-corrected chi connectivity index (χ2v) is 4.93. The van der Waals surface area contributed by atoms with Gasteiger partial charge in [-0.1, -0.05) is 19.1 Å². The van der Waals surface area contributed by atoms with Crippen LogP contribution in [0, 0.1) is 0 Å². The number of aliphatic hydroxyl groups is 1. The van der Waals surface area contributed by atoms with E-state index in [2.05, 4.69) is 12.2 Å². The third-order valence-electron chi connectivity index (χ3n) is 3.49. The molecule has 1 aliphatic rings. The lowest BCUT2D eigenvalue weighted by molar-refractivity contribution is -0.118. The number of nitrogens with one attached hydrogen (secondary N) is 1. The van der Waals surface area contributed by atoms with Gasteiger partial charge in [0.15, 0.2) is 0 Å². The standard InChI is InChI=1S/C15H22N2O2/c1-2-9-16-14-7-10-17(15(14)19)13-5-3-12(4-6-13)8-11-18/h3-6,14,16,18H,2,7-11H2,1H3. The minimum absolute atomic E-state index is 0.0305. The second kappa shape index (κ2) is 6.68. The van der Waals surface area contributed by atoms with Crippen LogP contribution in [0.25, 0.3) is 0 Å². The Labute approximate surface area is 114 Å². The number of hydrogen-bond acceptors (Lipinski definition) is 3. The molecule has 0 radical (unpaired) electrons. The quantitative estimate of drug-likeness (QED) is 0.813. The molecule has 1 fully saturated rings. The lowest BCUT2D eigenvalue weighted by Crippen LogP contribution is -2.38. The smallest absolute Gasteiger partial charge is 0.244 e. The van der Waals surface area contributed by atoms with Crippen molar-refractivity contribution in [2.45, 2.75) is 32.2 Å². The summed E-state index contributed by atoms with van der Waals surface area (Å²) < 4.78 is 0. The molecule has 2 N–H and O–H groups in total. The molecule has 0 aromatic heterocycles. The van der Waals surface area contributed by atoms with E-state index in [9.17, 15) is 4.79 Å². The molecule has 1 atom stereocenters. The Balaban J connectivity index is 2.00. The molecule has 1 aliphatic heterocycles. The van der Waals surface area contributed by atoms with E-state index in [1.54, 1.807) is 0 Å². The summed E-state index contributed by atoms with van der Waals surface area (Å²) in [4.78, 5) is 14.1. The van der Waals surface area contributed by atoms with Crippen LogP contribution < -0.4 is 10.2 Å². The van der Waals surface area contributed by atoms with Crippen molar-refractivity contribution in [3.63, 3.8) is 0 Å². The summed E-state index contributed by atoms with van der Waals surface area (Å²) >= 11 is 0. The van der Waals surface area contributed by atoms with Crippen molar-refractivity contribution in [2.24, 2.45) is 0 Å². The van der Waals surface area contributed by atoms with Gasteiger partial charge in [0.1, 0.15) is 0 Å².